The monoisotopic (exact) mass is 547 g/mol. The molecule has 178 valence electrons. The van der Waals surface area contributed by atoms with E-state index in [0.717, 1.165) is 75.9 Å². The van der Waals surface area contributed by atoms with Gasteiger partial charge in [0.15, 0.2) is 5.96 Å². The third-order valence-corrected chi connectivity index (χ3v) is 6.20. The van der Waals surface area contributed by atoms with Gasteiger partial charge in [0, 0.05) is 38.8 Å². The lowest BCUT2D eigenvalue weighted by atomic mass is 10.0. The molecule has 0 spiro atoms. The van der Waals surface area contributed by atoms with Gasteiger partial charge in [0.1, 0.15) is 11.5 Å². The first-order chi connectivity index (χ1) is 14.7. The first-order valence-electron chi connectivity index (χ1n) is 11.8. The van der Waals surface area contributed by atoms with E-state index in [1.807, 2.05) is 13.0 Å². The zero-order valence-electron chi connectivity index (χ0n) is 19.6. The number of guanidine groups is 1. The number of ether oxygens (including phenoxy) is 1. The third-order valence-electron chi connectivity index (χ3n) is 6.20. The van der Waals surface area contributed by atoms with Crippen LogP contribution in [0.5, 0.6) is 0 Å². The van der Waals surface area contributed by atoms with E-state index in [9.17, 15) is 0 Å². The quantitative estimate of drug-likeness (QED) is 0.214. The van der Waals surface area contributed by atoms with Gasteiger partial charge in [-0.15, -0.1) is 24.0 Å². The second-order valence-corrected chi connectivity index (χ2v) is 8.49. The molecule has 0 aliphatic carbocycles. The molecule has 3 rings (SSSR count). The fraction of sp³-hybridized carbons (Fsp3) is 0.783. The molecule has 2 atom stereocenters. The van der Waals surface area contributed by atoms with Crippen LogP contribution >= 0.6 is 24.0 Å². The van der Waals surface area contributed by atoms with E-state index in [1.54, 1.807) is 0 Å². The van der Waals surface area contributed by atoms with Crippen LogP contribution in [0.3, 0.4) is 0 Å². The van der Waals surface area contributed by atoms with Gasteiger partial charge in [0.05, 0.1) is 25.8 Å². The Morgan fingerprint density at radius 1 is 1.19 bits per heavy atom. The van der Waals surface area contributed by atoms with Gasteiger partial charge in [0.2, 0.25) is 0 Å². The van der Waals surface area contributed by atoms with Crippen molar-refractivity contribution in [2.24, 2.45) is 4.99 Å². The zero-order chi connectivity index (χ0) is 21.2. The molecule has 2 N–H and O–H groups in total. The molecule has 2 aliphatic rings. The normalized spacial score (nSPS) is 22.0. The Morgan fingerprint density at radius 2 is 2.00 bits per heavy atom. The fourth-order valence-corrected chi connectivity index (χ4v) is 4.41. The molecule has 7 nitrogen and oxygen atoms in total. The molecule has 0 aromatic carbocycles. The Bertz CT molecular complexity index is 648. The lowest BCUT2D eigenvalue weighted by molar-refractivity contribution is 0.0135. The Hall–Kier alpha value is -0.840. The summed E-state index contributed by atoms with van der Waals surface area (Å²) < 4.78 is 11.5. The summed E-state index contributed by atoms with van der Waals surface area (Å²) in [5.41, 5.74) is 0. The number of rotatable bonds is 9. The standard InChI is InChI=1S/C23H41N5O2.HI/c1-4-24-23(25-11-7-13-27-12-6-5-8-19(27)2)26-18-21(22-10-9-20(3)30-22)28-14-16-29-17-15-28;/h9-10,19,21H,4-8,11-18H2,1-3H3,(H2,24,25,26);1H. The first-order valence-corrected chi connectivity index (χ1v) is 11.8. The van der Waals surface area contributed by atoms with Crippen LogP contribution in [0.15, 0.2) is 21.5 Å². The second-order valence-electron chi connectivity index (χ2n) is 8.49. The molecule has 0 bridgehead atoms. The molecular weight excluding hydrogens is 505 g/mol. The highest BCUT2D eigenvalue weighted by Gasteiger charge is 2.25. The van der Waals surface area contributed by atoms with Gasteiger partial charge < -0.3 is 24.7 Å². The van der Waals surface area contributed by atoms with Gasteiger partial charge in [0.25, 0.3) is 0 Å². The number of hydrogen-bond acceptors (Lipinski definition) is 5. The van der Waals surface area contributed by atoms with E-state index in [-0.39, 0.29) is 30.0 Å². The van der Waals surface area contributed by atoms with Crippen molar-refractivity contribution in [2.45, 2.75) is 58.5 Å². The number of hydrogen-bond donors (Lipinski definition) is 2. The van der Waals surface area contributed by atoms with Crippen LogP contribution in [-0.2, 0) is 4.74 Å². The minimum atomic E-state index is 0. The molecule has 1 aromatic rings. The van der Waals surface area contributed by atoms with Crippen molar-refractivity contribution in [3.05, 3.63) is 23.7 Å². The summed E-state index contributed by atoms with van der Waals surface area (Å²) in [5.74, 6) is 2.84. The van der Waals surface area contributed by atoms with Crippen molar-refractivity contribution < 1.29 is 9.15 Å². The molecule has 2 aliphatic heterocycles. The summed E-state index contributed by atoms with van der Waals surface area (Å²) in [5, 5.41) is 6.92. The number of likely N-dealkylation sites (tertiary alicyclic amines) is 1. The van der Waals surface area contributed by atoms with E-state index in [0.29, 0.717) is 6.54 Å². The highest BCUT2D eigenvalue weighted by atomic mass is 127. The van der Waals surface area contributed by atoms with E-state index in [2.05, 4.69) is 40.3 Å². The van der Waals surface area contributed by atoms with E-state index in [4.69, 9.17) is 14.1 Å². The summed E-state index contributed by atoms with van der Waals surface area (Å²) in [7, 11) is 0. The molecule has 2 unspecified atom stereocenters. The number of aliphatic imine (C=N–C) groups is 1. The molecule has 2 fully saturated rings. The van der Waals surface area contributed by atoms with Crippen LogP contribution in [0.25, 0.3) is 0 Å². The minimum absolute atomic E-state index is 0. The Balaban J connectivity index is 0.00000341. The first kappa shape index (κ1) is 26.4. The van der Waals surface area contributed by atoms with Crippen molar-refractivity contribution in [3.63, 3.8) is 0 Å². The minimum Gasteiger partial charge on any atom is -0.465 e. The summed E-state index contributed by atoms with van der Waals surface area (Å²) in [6.45, 7) is 14.7. The van der Waals surface area contributed by atoms with Crippen molar-refractivity contribution in [3.8, 4) is 0 Å². The maximum atomic E-state index is 5.97. The smallest absolute Gasteiger partial charge is 0.191 e. The lowest BCUT2D eigenvalue weighted by Gasteiger charge is -2.33. The largest absolute Gasteiger partial charge is 0.465 e. The van der Waals surface area contributed by atoms with Crippen LogP contribution in [0.4, 0.5) is 0 Å². The number of nitrogens with zero attached hydrogens (tertiary/aromatic N) is 3. The maximum Gasteiger partial charge on any atom is 0.191 e. The number of piperidine rings is 1. The molecule has 0 saturated carbocycles. The number of aryl methyl sites for hydroxylation is 1. The molecule has 1 aromatic heterocycles. The van der Waals surface area contributed by atoms with Crippen molar-refractivity contribution >= 4 is 29.9 Å². The number of halogens is 1. The molecule has 31 heavy (non-hydrogen) atoms. The van der Waals surface area contributed by atoms with E-state index < -0.39 is 0 Å². The van der Waals surface area contributed by atoms with Gasteiger partial charge in [-0.05, 0) is 58.7 Å². The van der Waals surface area contributed by atoms with Gasteiger partial charge >= 0.3 is 0 Å². The van der Waals surface area contributed by atoms with Crippen molar-refractivity contribution in [1.29, 1.82) is 0 Å². The third kappa shape index (κ3) is 8.55. The molecule has 0 radical (unpaired) electrons. The van der Waals surface area contributed by atoms with Gasteiger partial charge in [-0.2, -0.15) is 0 Å². The number of morpholine rings is 1. The highest BCUT2D eigenvalue weighted by molar-refractivity contribution is 14.0. The lowest BCUT2D eigenvalue weighted by Crippen LogP contribution is -2.42. The molecule has 8 heteroatoms. The van der Waals surface area contributed by atoms with Crippen LogP contribution in [-0.4, -0.2) is 80.8 Å². The molecule has 2 saturated heterocycles. The summed E-state index contributed by atoms with van der Waals surface area (Å²) in [6, 6.07) is 5.00. The molecule has 3 heterocycles. The van der Waals surface area contributed by atoms with Crippen molar-refractivity contribution in [1.82, 2.24) is 20.4 Å². The summed E-state index contributed by atoms with van der Waals surface area (Å²) >= 11 is 0. The Labute approximate surface area is 205 Å². The van der Waals surface area contributed by atoms with Gasteiger partial charge in [-0.25, -0.2) is 0 Å². The average Bonchev–Trinajstić information content (AvgIpc) is 3.19. The summed E-state index contributed by atoms with van der Waals surface area (Å²) in [6.07, 6.45) is 5.20. The predicted octanol–water partition coefficient (Wildman–Crippen LogP) is 3.40. The maximum absolute atomic E-state index is 5.97. The zero-order valence-corrected chi connectivity index (χ0v) is 21.9. The van der Waals surface area contributed by atoms with Crippen LogP contribution < -0.4 is 10.6 Å². The predicted molar refractivity (Wildman–Crippen MR) is 137 cm³/mol. The Morgan fingerprint density at radius 3 is 2.68 bits per heavy atom. The van der Waals surface area contributed by atoms with Crippen LogP contribution in [0.2, 0.25) is 0 Å². The topological polar surface area (TPSA) is 65.3 Å². The fourth-order valence-electron chi connectivity index (χ4n) is 4.41. The highest BCUT2D eigenvalue weighted by Crippen LogP contribution is 2.24. The SMILES string of the molecule is CCNC(=NCC(c1ccc(C)o1)N1CCOCC1)NCCCN1CCCCC1C.I. The number of furan rings is 1. The molecule has 0 amide bonds. The van der Waals surface area contributed by atoms with Gasteiger partial charge in [-0.3, -0.25) is 9.89 Å². The molecular formula is C23H42IN5O2. The number of nitrogens with one attached hydrogen (secondary N) is 2. The Kier molecular flexibility index (Phi) is 12.2. The second kappa shape index (κ2) is 14.3. The van der Waals surface area contributed by atoms with E-state index in [1.165, 1.54) is 25.8 Å². The van der Waals surface area contributed by atoms with Crippen molar-refractivity contribution in [2.75, 3.05) is 59.0 Å². The van der Waals surface area contributed by atoms with Crippen LogP contribution in [0, 0.1) is 6.92 Å². The van der Waals surface area contributed by atoms with Crippen LogP contribution in [0.1, 0.15) is 57.1 Å². The average molecular weight is 548 g/mol. The van der Waals surface area contributed by atoms with Gasteiger partial charge in [-0.1, -0.05) is 6.42 Å². The summed E-state index contributed by atoms with van der Waals surface area (Å²) in [4.78, 5) is 9.96. The van der Waals surface area contributed by atoms with E-state index >= 15 is 0 Å².